The third-order valence-corrected chi connectivity index (χ3v) is 3.92. The highest BCUT2D eigenvalue weighted by atomic mass is 27.2. The number of aromatic nitrogens is 1. The molecule has 0 unspecified atom stereocenters. The van der Waals surface area contributed by atoms with Gasteiger partial charge in [-0.2, -0.15) is 0 Å². The second kappa shape index (κ2) is 6.17. The molecule has 0 amide bonds. The lowest BCUT2D eigenvalue weighted by Crippen LogP contribution is -2.11. The largest absolute Gasteiger partial charge is 0.881 e. The van der Waals surface area contributed by atoms with Crippen molar-refractivity contribution in [1.29, 1.82) is 0 Å². The van der Waals surface area contributed by atoms with Crippen LogP contribution in [0.2, 0.25) is 0 Å². The van der Waals surface area contributed by atoms with Gasteiger partial charge in [-0.25, -0.2) is 4.98 Å². The maximum atomic E-state index is 5.81. The van der Waals surface area contributed by atoms with Gasteiger partial charge in [0.1, 0.15) is 11.3 Å². The third-order valence-electron chi connectivity index (χ3n) is 3.20. The lowest BCUT2D eigenvalue weighted by molar-refractivity contribution is 0.461. The van der Waals surface area contributed by atoms with Crippen LogP contribution in [0.3, 0.4) is 0 Å². The average Bonchev–Trinajstić information content (AvgIpc) is 2.50. The zero-order chi connectivity index (χ0) is 14.7. The van der Waals surface area contributed by atoms with Crippen LogP contribution in [0.25, 0.3) is 10.9 Å². The molecule has 3 aromatic rings. The smallest absolute Gasteiger partial charge is 0.616 e. The Kier molecular flexibility index (Phi) is 4.10. The zero-order valence-corrected chi connectivity index (χ0v) is 13.2. The molecule has 0 atom stereocenters. The summed E-state index contributed by atoms with van der Waals surface area (Å²) in [5, 5.41) is 1.08. The summed E-state index contributed by atoms with van der Waals surface area (Å²) in [6.07, 6.45) is 0. The lowest BCUT2D eigenvalue weighted by Gasteiger charge is -2.10. The van der Waals surface area contributed by atoms with Gasteiger partial charge in [0, 0.05) is 11.1 Å². The molecular weight excluding hydrogens is 277 g/mol. The van der Waals surface area contributed by atoms with Gasteiger partial charge in [0.2, 0.25) is 0 Å². The first kappa shape index (κ1) is 13.9. The van der Waals surface area contributed by atoms with E-state index in [9.17, 15) is 0 Å². The number of hydrogen-bond acceptors (Lipinski definition) is 3. The topological polar surface area (TPSA) is 31.4 Å². The van der Waals surface area contributed by atoms with Crippen molar-refractivity contribution in [2.75, 3.05) is 0 Å². The summed E-state index contributed by atoms with van der Waals surface area (Å²) in [5.41, 5.74) is 3.08. The molecule has 0 N–H and O–H groups in total. The molecule has 0 fully saturated rings. The molecule has 21 heavy (non-hydrogen) atoms. The SMILES string of the molecule is Cc1ccc([O][Al][O]c2cccc3ccc(C)nc23)cc1. The highest BCUT2D eigenvalue weighted by molar-refractivity contribution is 6.21. The van der Waals surface area contributed by atoms with Crippen LogP contribution in [0.4, 0.5) is 0 Å². The Hall–Kier alpha value is -2.02. The number of benzene rings is 2. The number of pyridine rings is 1. The Balaban J connectivity index is 1.73. The monoisotopic (exact) mass is 292 g/mol. The maximum absolute atomic E-state index is 5.81. The average molecular weight is 292 g/mol. The summed E-state index contributed by atoms with van der Waals surface area (Å²) in [7, 11) is 0. The molecule has 0 saturated heterocycles. The third kappa shape index (κ3) is 3.36. The van der Waals surface area contributed by atoms with Crippen LogP contribution in [0.5, 0.6) is 11.5 Å². The van der Waals surface area contributed by atoms with E-state index in [2.05, 4.69) is 18.0 Å². The molecule has 0 aliphatic heterocycles. The van der Waals surface area contributed by atoms with Gasteiger partial charge in [0.15, 0.2) is 0 Å². The fourth-order valence-electron chi connectivity index (χ4n) is 2.06. The molecule has 1 heterocycles. The summed E-state index contributed by atoms with van der Waals surface area (Å²) in [6.45, 7) is 4.03. The van der Waals surface area contributed by atoms with E-state index in [-0.39, 0.29) is 0 Å². The van der Waals surface area contributed by atoms with Gasteiger partial charge in [-0.1, -0.05) is 35.9 Å². The Labute approximate surface area is 130 Å². The molecule has 3 nitrogen and oxygen atoms in total. The minimum Gasteiger partial charge on any atom is -0.616 e. The lowest BCUT2D eigenvalue weighted by atomic mass is 10.2. The second-order valence-electron chi connectivity index (χ2n) is 4.93. The molecule has 4 heteroatoms. The van der Waals surface area contributed by atoms with E-state index in [4.69, 9.17) is 7.58 Å². The maximum Gasteiger partial charge on any atom is 0.881 e. The van der Waals surface area contributed by atoms with Gasteiger partial charge in [0.05, 0.1) is 5.75 Å². The van der Waals surface area contributed by atoms with Crippen molar-refractivity contribution >= 4 is 26.8 Å². The Morgan fingerprint density at radius 2 is 1.67 bits per heavy atom. The van der Waals surface area contributed by atoms with Crippen molar-refractivity contribution < 1.29 is 7.58 Å². The number of nitrogens with zero attached hydrogens (tertiary/aromatic N) is 1. The number of aryl methyl sites for hydroxylation is 2. The van der Waals surface area contributed by atoms with E-state index in [0.717, 1.165) is 28.1 Å². The Morgan fingerprint density at radius 3 is 2.48 bits per heavy atom. The van der Waals surface area contributed by atoms with Crippen molar-refractivity contribution in [3.05, 3.63) is 65.9 Å². The van der Waals surface area contributed by atoms with Crippen LogP contribution >= 0.6 is 0 Å². The fraction of sp³-hybridized carbons (Fsp3) is 0.118. The number of rotatable bonds is 4. The minimum atomic E-state index is -0.617. The molecule has 0 saturated carbocycles. The molecule has 2 aromatic carbocycles. The Bertz CT molecular complexity index is 756. The zero-order valence-electron chi connectivity index (χ0n) is 12.0. The fourth-order valence-corrected chi connectivity index (χ4v) is 2.67. The van der Waals surface area contributed by atoms with Crippen LogP contribution < -0.4 is 7.58 Å². The first-order valence-electron chi connectivity index (χ1n) is 6.80. The van der Waals surface area contributed by atoms with Crippen molar-refractivity contribution in [3.8, 4) is 11.5 Å². The van der Waals surface area contributed by atoms with Gasteiger partial charge < -0.3 is 7.58 Å². The highest BCUT2D eigenvalue weighted by Gasteiger charge is 2.09. The molecular formula is C17H15AlNO2. The molecule has 1 aromatic heterocycles. The summed E-state index contributed by atoms with van der Waals surface area (Å²) in [6, 6.07) is 18.0. The van der Waals surface area contributed by atoms with Crippen LogP contribution in [0.15, 0.2) is 54.6 Å². The molecule has 1 radical (unpaired) electrons. The van der Waals surface area contributed by atoms with E-state index >= 15 is 0 Å². The van der Waals surface area contributed by atoms with Gasteiger partial charge in [-0.3, -0.25) is 0 Å². The molecule has 103 valence electrons. The first-order chi connectivity index (χ1) is 10.2. The van der Waals surface area contributed by atoms with Crippen LogP contribution in [-0.4, -0.2) is 20.9 Å². The van der Waals surface area contributed by atoms with Gasteiger partial charge >= 0.3 is 15.9 Å². The van der Waals surface area contributed by atoms with E-state index < -0.39 is 15.9 Å². The summed E-state index contributed by atoms with van der Waals surface area (Å²) >= 11 is -0.617. The molecule has 0 bridgehead atoms. The summed E-state index contributed by atoms with van der Waals surface area (Å²) < 4.78 is 11.5. The number of fused-ring (bicyclic) bond motifs is 1. The standard InChI is InChI=1S/C10H9NO.C7H8O.Al/c1-7-5-6-8-3-2-4-9(12)10(8)11-7;1-6-2-4-7(8)5-3-6;/h2-6,12H,1H3;2-5,8H,1H3;/q;;+2/p-2. The van der Waals surface area contributed by atoms with Crippen molar-refractivity contribution in [2.24, 2.45) is 0 Å². The first-order valence-corrected chi connectivity index (χ1v) is 7.75. The van der Waals surface area contributed by atoms with E-state index in [1.165, 1.54) is 5.56 Å². The Morgan fingerprint density at radius 1 is 0.857 bits per heavy atom. The van der Waals surface area contributed by atoms with Gasteiger partial charge in [0.25, 0.3) is 0 Å². The normalized spacial score (nSPS) is 10.4. The minimum absolute atomic E-state index is 0.617. The van der Waals surface area contributed by atoms with Crippen LogP contribution in [0, 0.1) is 13.8 Å². The quantitative estimate of drug-likeness (QED) is 0.685. The molecule has 0 spiro atoms. The van der Waals surface area contributed by atoms with Gasteiger partial charge in [-0.05, 0) is 38.1 Å². The van der Waals surface area contributed by atoms with Crippen LogP contribution in [0.1, 0.15) is 11.3 Å². The summed E-state index contributed by atoms with van der Waals surface area (Å²) in [4.78, 5) is 4.55. The highest BCUT2D eigenvalue weighted by Crippen LogP contribution is 2.23. The van der Waals surface area contributed by atoms with Gasteiger partial charge in [-0.15, -0.1) is 0 Å². The van der Waals surface area contributed by atoms with Crippen LogP contribution in [-0.2, 0) is 0 Å². The predicted molar refractivity (Wildman–Crippen MR) is 84.7 cm³/mol. The predicted octanol–water partition coefficient (Wildman–Crippen LogP) is 3.84. The molecule has 0 aliphatic carbocycles. The number of para-hydroxylation sites is 1. The molecule has 3 rings (SSSR count). The van der Waals surface area contributed by atoms with E-state index in [1.54, 1.807) is 0 Å². The van der Waals surface area contributed by atoms with E-state index in [1.807, 2.05) is 55.5 Å². The second-order valence-corrected chi connectivity index (χ2v) is 5.59. The summed E-state index contributed by atoms with van der Waals surface area (Å²) in [5.74, 6) is 1.61. The van der Waals surface area contributed by atoms with Crippen molar-refractivity contribution in [1.82, 2.24) is 4.98 Å². The van der Waals surface area contributed by atoms with Crippen molar-refractivity contribution in [2.45, 2.75) is 13.8 Å². The van der Waals surface area contributed by atoms with E-state index in [0.29, 0.717) is 0 Å². The number of hydrogen-bond donors (Lipinski definition) is 0. The molecule has 0 aliphatic rings. The van der Waals surface area contributed by atoms with Crippen molar-refractivity contribution in [3.63, 3.8) is 0 Å².